The van der Waals surface area contributed by atoms with E-state index in [-0.39, 0.29) is 11.6 Å². The molecule has 1 aliphatic heterocycles. The predicted octanol–water partition coefficient (Wildman–Crippen LogP) is 2.22. The van der Waals surface area contributed by atoms with Crippen LogP contribution in [0.5, 0.6) is 0 Å². The van der Waals surface area contributed by atoms with Crippen LogP contribution in [0, 0.1) is 0 Å². The molecule has 0 bridgehead atoms. The van der Waals surface area contributed by atoms with Crippen LogP contribution in [-0.4, -0.2) is 27.7 Å². The van der Waals surface area contributed by atoms with Gasteiger partial charge in [0.2, 0.25) is 0 Å². The Morgan fingerprint density at radius 2 is 2.21 bits per heavy atom. The first-order chi connectivity index (χ1) is 9.04. The van der Waals surface area contributed by atoms with E-state index < -0.39 is 11.7 Å². The number of pyridine rings is 1. The number of hydrogen-bond donors (Lipinski definition) is 1. The van der Waals surface area contributed by atoms with Crippen molar-refractivity contribution in [2.75, 3.05) is 13.1 Å². The Hall–Kier alpha value is -1.63. The van der Waals surface area contributed by atoms with Crippen molar-refractivity contribution in [1.82, 2.24) is 19.9 Å². The van der Waals surface area contributed by atoms with E-state index in [9.17, 15) is 13.2 Å². The Labute approximate surface area is 107 Å². The van der Waals surface area contributed by atoms with Gasteiger partial charge in [-0.2, -0.15) is 18.3 Å². The van der Waals surface area contributed by atoms with Gasteiger partial charge < -0.3 is 5.32 Å². The van der Waals surface area contributed by atoms with Crippen LogP contribution in [0.25, 0.3) is 5.65 Å². The summed E-state index contributed by atoms with van der Waals surface area (Å²) in [5.41, 5.74) is -0.448. The van der Waals surface area contributed by atoms with Gasteiger partial charge in [0.25, 0.3) is 0 Å². The Balaban J connectivity index is 1.96. The molecule has 102 valence electrons. The molecule has 1 fully saturated rings. The molecular weight excluding hydrogens is 257 g/mol. The van der Waals surface area contributed by atoms with Crippen LogP contribution in [0.2, 0.25) is 0 Å². The largest absolute Gasteiger partial charge is 0.416 e. The van der Waals surface area contributed by atoms with Crippen LogP contribution in [0.15, 0.2) is 18.3 Å². The minimum absolute atomic E-state index is 0.183. The fourth-order valence-electron chi connectivity index (χ4n) is 2.32. The molecule has 1 aliphatic rings. The SMILES string of the molecule is FC(F)(F)c1ccn2nc(C3CCCNC3)nc2c1. The maximum atomic E-state index is 12.6. The van der Waals surface area contributed by atoms with Gasteiger partial charge in [0.1, 0.15) is 0 Å². The Morgan fingerprint density at radius 3 is 2.89 bits per heavy atom. The first kappa shape index (κ1) is 12.4. The van der Waals surface area contributed by atoms with Gasteiger partial charge in [-0.15, -0.1) is 0 Å². The highest BCUT2D eigenvalue weighted by Gasteiger charge is 2.31. The minimum atomic E-state index is -4.35. The molecule has 1 atom stereocenters. The lowest BCUT2D eigenvalue weighted by molar-refractivity contribution is -0.137. The lowest BCUT2D eigenvalue weighted by Gasteiger charge is -2.19. The van der Waals surface area contributed by atoms with Gasteiger partial charge in [-0.1, -0.05) is 0 Å². The van der Waals surface area contributed by atoms with Crippen molar-refractivity contribution in [3.05, 3.63) is 29.7 Å². The second kappa shape index (κ2) is 4.48. The molecule has 19 heavy (non-hydrogen) atoms. The third-order valence-corrected chi connectivity index (χ3v) is 3.34. The number of aromatic nitrogens is 3. The first-order valence-corrected chi connectivity index (χ1v) is 6.18. The molecule has 3 heterocycles. The zero-order valence-corrected chi connectivity index (χ0v) is 10.1. The average molecular weight is 270 g/mol. The van der Waals surface area contributed by atoms with E-state index in [1.165, 1.54) is 10.7 Å². The van der Waals surface area contributed by atoms with Crippen molar-refractivity contribution >= 4 is 5.65 Å². The van der Waals surface area contributed by atoms with Gasteiger partial charge in [-0.25, -0.2) is 9.50 Å². The summed E-state index contributed by atoms with van der Waals surface area (Å²) in [5, 5.41) is 7.50. The smallest absolute Gasteiger partial charge is 0.316 e. The number of nitrogens with one attached hydrogen (secondary N) is 1. The standard InChI is InChI=1S/C12H13F3N4/c13-12(14,15)9-3-5-19-10(6-9)17-11(18-19)8-2-1-4-16-7-8/h3,5-6,8,16H,1-2,4,7H2. The number of rotatable bonds is 1. The monoisotopic (exact) mass is 270 g/mol. The molecule has 0 saturated carbocycles. The molecule has 0 radical (unpaired) electrons. The van der Waals surface area contributed by atoms with Crippen molar-refractivity contribution in [2.24, 2.45) is 0 Å². The second-order valence-corrected chi connectivity index (χ2v) is 4.73. The third-order valence-electron chi connectivity index (χ3n) is 3.34. The van der Waals surface area contributed by atoms with E-state index in [1.54, 1.807) is 0 Å². The number of fused-ring (bicyclic) bond motifs is 1. The minimum Gasteiger partial charge on any atom is -0.316 e. The van der Waals surface area contributed by atoms with E-state index >= 15 is 0 Å². The van der Waals surface area contributed by atoms with Crippen molar-refractivity contribution in [1.29, 1.82) is 0 Å². The summed E-state index contributed by atoms with van der Waals surface area (Å²) < 4.78 is 39.2. The van der Waals surface area contributed by atoms with Gasteiger partial charge in [0.05, 0.1) is 5.56 Å². The molecular formula is C12H13F3N4. The van der Waals surface area contributed by atoms with E-state index in [4.69, 9.17) is 0 Å². The molecule has 3 rings (SSSR count). The number of hydrogen-bond acceptors (Lipinski definition) is 3. The number of halogens is 3. The first-order valence-electron chi connectivity index (χ1n) is 6.18. The molecule has 7 heteroatoms. The summed E-state index contributed by atoms with van der Waals surface area (Å²) in [6.45, 7) is 1.76. The van der Waals surface area contributed by atoms with Crippen molar-refractivity contribution in [2.45, 2.75) is 24.9 Å². The Bertz CT molecular complexity index is 584. The van der Waals surface area contributed by atoms with Crippen molar-refractivity contribution < 1.29 is 13.2 Å². The third kappa shape index (κ3) is 2.42. The highest BCUT2D eigenvalue weighted by molar-refractivity contribution is 5.41. The lowest BCUT2D eigenvalue weighted by Crippen LogP contribution is -2.28. The molecule has 2 aromatic rings. The summed E-state index contributed by atoms with van der Waals surface area (Å²) in [5.74, 6) is 0.800. The summed E-state index contributed by atoms with van der Waals surface area (Å²) >= 11 is 0. The van der Waals surface area contributed by atoms with Crippen LogP contribution < -0.4 is 5.32 Å². The molecule has 0 aliphatic carbocycles. The normalized spacial score (nSPS) is 20.9. The van der Waals surface area contributed by atoms with Crippen LogP contribution >= 0.6 is 0 Å². The highest BCUT2D eigenvalue weighted by atomic mass is 19.4. The molecule has 4 nitrogen and oxygen atoms in total. The summed E-state index contributed by atoms with van der Waals surface area (Å²) in [4.78, 5) is 4.22. The van der Waals surface area contributed by atoms with E-state index in [0.29, 0.717) is 5.82 Å². The topological polar surface area (TPSA) is 42.2 Å². The van der Waals surface area contributed by atoms with Crippen LogP contribution in [0.1, 0.15) is 30.1 Å². The van der Waals surface area contributed by atoms with Gasteiger partial charge in [-0.05, 0) is 31.5 Å². The fraction of sp³-hybridized carbons (Fsp3) is 0.500. The van der Waals surface area contributed by atoms with Crippen molar-refractivity contribution in [3.8, 4) is 0 Å². The average Bonchev–Trinajstić information content (AvgIpc) is 2.81. The zero-order valence-electron chi connectivity index (χ0n) is 10.1. The molecule has 0 aromatic carbocycles. The maximum Gasteiger partial charge on any atom is 0.416 e. The predicted molar refractivity (Wildman–Crippen MR) is 62.8 cm³/mol. The molecule has 0 spiro atoms. The Morgan fingerprint density at radius 1 is 1.37 bits per heavy atom. The highest BCUT2D eigenvalue weighted by Crippen LogP contribution is 2.30. The zero-order chi connectivity index (χ0) is 13.5. The van der Waals surface area contributed by atoms with Crippen molar-refractivity contribution in [3.63, 3.8) is 0 Å². The molecule has 1 saturated heterocycles. The second-order valence-electron chi connectivity index (χ2n) is 4.73. The van der Waals surface area contributed by atoms with Gasteiger partial charge in [-0.3, -0.25) is 0 Å². The van der Waals surface area contributed by atoms with E-state index in [2.05, 4.69) is 15.4 Å². The molecule has 2 aromatic heterocycles. The van der Waals surface area contributed by atoms with E-state index in [1.807, 2.05) is 0 Å². The maximum absolute atomic E-state index is 12.6. The van der Waals surface area contributed by atoms with Crippen LogP contribution in [0.3, 0.4) is 0 Å². The quantitative estimate of drug-likeness (QED) is 0.864. The number of piperidine rings is 1. The summed E-state index contributed by atoms with van der Waals surface area (Å²) in [6.07, 6.45) is -1.03. The number of alkyl halides is 3. The van der Waals surface area contributed by atoms with Crippen LogP contribution in [0.4, 0.5) is 13.2 Å². The summed E-state index contributed by atoms with van der Waals surface area (Å²) in [6, 6.07) is 2.05. The van der Waals surface area contributed by atoms with Gasteiger partial charge in [0.15, 0.2) is 11.5 Å². The van der Waals surface area contributed by atoms with E-state index in [0.717, 1.165) is 38.1 Å². The molecule has 0 amide bonds. The lowest BCUT2D eigenvalue weighted by atomic mass is 9.99. The van der Waals surface area contributed by atoms with Gasteiger partial charge >= 0.3 is 6.18 Å². The summed E-state index contributed by atoms with van der Waals surface area (Å²) in [7, 11) is 0. The number of nitrogens with zero attached hydrogens (tertiary/aromatic N) is 3. The van der Waals surface area contributed by atoms with Gasteiger partial charge in [0, 0.05) is 18.7 Å². The Kier molecular flexibility index (Phi) is 2.93. The fourth-order valence-corrected chi connectivity index (χ4v) is 2.32. The molecule has 1 N–H and O–H groups in total. The molecule has 1 unspecified atom stereocenters. The van der Waals surface area contributed by atoms with Crippen LogP contribution in [-0.2, 0) is 6.18 Å².